The Morgan fingerprint density at radius 3 is 2.67 bits per heavy atom. The van der Waals surface area contributed by atoms with Crippen LogP contribution in [0.1, 0.15) is 20.8 Å². The number of allylic oxidation sites excluding steroid dienone is 6. The molecule has 12 heavy (non-hydrogen) atoms. The Hall–Kier alpha value is -0.0500. The van der Waals surface area contributed by atoms with Crippen molar-refractivity contribution in [2.75, 3.05) is 0 Å². The molecule has 0 saturated carbocycles. The molecule has 0 amide bonds. The van der Waals surface area contributed by atoms with Crippen LogP contribution in [0.4, 0.5) is 0 Å². The zero-order valence-electron chi connectivity index (χ0n) is 7.84. The molecule has 0 aliphatic heterocycles. The Labute approximate surface area is 88.6 Å². The van der Waals surface area contributed by atoms with Gasteiger partial charge in [0.1, 0.15) is 0 Å². The summed E-state index contributed by atoms with van der Waals surface area (Å²) in [4.78, 5) is 0. The SMILES string of the molecule is C/C=C\C1=CC(I)C(C)C=C1C. The lowest BCUT2D eigenvalue weighted by atomic mass is 9.92. The predicted molar refractivity (Wildman–Crippen MR) is 63.6 cm³/mol. The Kier molecular flexibility index (Phi) is 3.56. The fourth-order valence-corrected chi connectivity index (χ4v) is 2.00. The van der Waals surface area contributed by atoms with E-state index in [9.17, 15) is 0 Å². The zero-order chi connectivity index (χ0) is 9.14. The molecule has 2 unspecified atom stereocenters. The predicted octanol–water partition coefficient (Wildman–Crippen LogP) is 3.89. The highest BCUT2D eigenvalue weighted by atomic mass is 127. The summed E-state index contributed by atoms with van der Waals surface area (Å²) >= 11 is 2.49. The molecule has 0 spiro atoms. The molecule has 1 aliphatic rings. The molecule has 0 fully saturated rings. The molecule has 0 aromatic rings. The molecule has 66 valence electrons. The summed E-state index contributed by atoms with van der Waals surface area (Å²) in [6.45, 7) is 6.52. The number of rotatable bonds is 1. The molecular weight excluding hydrogens is 259 g/mol. The molecule has 0 aromatic heterocycles. The van der Waals surface area contributed by atoms with E-state index < -0.39 is 0 Å². The standard InChI is InChI=1S/C11H15I/c1-4-5-10-7-11(12)9(3)6-8(10)2/h4-7,9,11H,1-3H3/b5-4-. The molecule has 1 rings (SSSR count). The van der Waals surface area contributed by atoms with Crippen LogP contribution in [0.25, 0.3) is 0 Å². The van der Waals surface area contributed by atoms with Crippen LogP contribution in [0.15, 0.2) is 35.5 Å². The first-order valence-corrected chi connectivity index (χ1v) is 5.57. The summed E-state index contributed by atoms with van der Waals surface area (Å²) in [7, 11) is 0. The van der Waals surface area contributed by atoms with E-state index in [1.165, 1.54) is 11.1 Å². The molecule has 0 N–H and O–H groups in total. The van der Waals surface area contributed by atoms with E-state index in [0.717, 1.165) is 0 Å². The van der Waals surface area contributed by atoms with E-state index in [-0.39, 0.29) is 0 Å². The smallest absolute Gasteiger partial charge is 0.0358 e. The third kappa shape index (κ3) is 2.22. The molecule has 0 saturated heterocycles. The van der Waals surface area contributed by atoms with Gasteiger partial charge in [0.2, 0.25) is 0 Å². The van der Waals surface area contributed by atoms with Crippen LogP contribution >= 0.6 is 22.6 Å². The summed E-state index contributed by atoms with van der Waals surface area (Å²) in [5, 5.41) is 0. The lowest BCUT2D eigenvalue weighted by molar-refractivity contribution is 0.759. The van der Waals surface area contributed by atoms with Crippen LogP contribution in [-0.2, 0) is 0 Å². The monoisotopic (exact) mass is 274 g/mol. The van der Waals surface area contributed by atoms with Gasteiger partial charge in [-0.05, 0) is 30.9 Å². The van der Waals surface area contributed by atoms with Crippen molar-refractivity contribution in [1.82, 2.24) is 0 Å². The first kappa shape index (κ1) is 10.0. The number of halogens is 1. The van der Waals surface area contributed by atoms with Gasteiger partial charge in [-0.15, -0.1) is 0 Å². The largest absolute Gasteiger partial charge is 0.0871 e. The third-order valence-electron chi connectivity index (χ3n) is 2.16. The second-order valence-electron chi connectivity index (χ2n) is 3.28. The van der Waals surface area contributed by atoms with Crippen molar-refractivity contribution in [2.45, 2.75) is 24.7 Å². The maximum atomic E-state index is 2.49. The topological polar surface area (TPSA) is 0 Å². The van der Waals surface area contributed by atoms with E-state index in [2.05, 4.69) is 67.7 Å². The molecule has 1 aliphatic carbocycles. The molecule has 1 heteroatoms. The molecule has 0 heterocycles. The quantitative estimate of drug-likeness (QED) is 0.502. The lowest BCUT2D eigenvalue weighted by Gasteiger charge is -2.19. The summed E-state index contributed by atoms with van der Waals surface area (Å²) in [5.41, 5.74) is 2.79. The van der Waals surface area contributed by atoms with Gasteiger partial charge in [-0.1, -0.05) is 53.8 Å². The van der Waals surface area contributed by atoms with Gasteiger partial charge < -0.3 is 0 Å². The van der Waals surface area contributed by atoms with Crippen LogP contribution in [0, 0.1) is 5.92 Å². The van der Waals surface area contributed by atoms with Crippen molar-refractivity contribution in [3.8, 4) is 0 Å². The second kappa shape index (κ2) is 4.26. The molecule has 0 bridgehead atoms. The summed E-state index contributed by atoms with van der Waals surface area (Å²) in [6, 6.07) is 0. The van der Waals surface area contributed by atoms with Crippen molar-refractivity contribution in [3.63, 3.8) is 0 Å². The van der Waals surface area contributed by atoms with Gasteiger partial charge in [-0.25, -0.2) is 0 Å². The molecule has 2 atom stereocenters. The molecular formula is C11H15I. The highest BCUT2D eigenvalue weighted by molar-refractivity contribution is 14.1. The van der Waals surface area contributed by atoms with Crippen LogP contribution in [0.2, 0.25) is 0 Å². The van der Waals surface area contributed by atoms with E-state index in [1.807, 2.05) is 0 Å². The minimum Gasteiger partial charge on any atom is -0.0871 e. The second-order valence-corrected chi connectivity index (χ2v) is 4.71. The maximum absolute atomic E-state index is 2.49. The number of hydrogen-bond donors (Lipinski definition) is 0. The van der Waals surface area contributed by atoms with Crippen molar-refractivity contribution in [2.24, 2.45) is 5.92 Å². The van der Waals surface area contributed by atoms with Crippen molar-refractivity contribution in [1.29, 1.82) is 0 Å². The Bertz CT molecular complexity index is 246. The van der Waals surface area contributed by atoms with Gasteiger partial charge in [-0.2, -0.15) is 0 Å². The minimum atomic E-state index is 0.650. The molecule has 0 aromatic carbocycles. The zero-order valence-corrected chi connectivity index (χ0v) is 10.00. The van der Waals surface area contributed by atoms with Crippen LogP contribution < -0.4 is 0 Å². The van der Waals surface area contributed by atoms with Gasteiger partial charge in [0, 0.05) is 3.92 Å². The van der Waals surface area contributed by atoms with E-state index in [4.69, 9.17) is 0 Å². The highest BCUT2D eigenvalue weighted by Gasteiger charge is 2.15. The number of alkyl halides is 1. The van der Waals surface area contributed by atoms with Gasteiger partial charge in [-0.3, -0.25) is 0 Å². The van der Waals surface area contributed by atoms with Gasteiger partial charge in [0.25, 0.3) is 0 Å². The van der Waals surface area contributed by atoms with E-state index >= 15 is 0 Å². The van der Waals surface area contributed by atoms with Crippen molar-refractivity contribution in [3.05, 3.63) is 35.5 Å². The Morgan fingerprint density at radius 2 is 2.08 bits per heavy atom. The first-order valence-electron chi connectivity index (χ1n) is 4.32. The lowest BCUT2D eigenvalue weighted by Crippen LogP contribution is -2.11. The van der Waals surface area contributed by atoms with Crippen molar-refractivity contribution >= 4 is 22.6 Å². The third-order valence-corrected chi connectivity index (χ3v) is 3.65. The van der Waals surface area contributed by atoms with Crippen LogP contribution in [-0.4, -0.2) is 3.92 Å². The van der Waals surface area contributed by atoms with E-state index in [1.54, 1.807) is 0 Å². The minimum absolute atomic E-state index is 0.650. The normalized spacial score (nSPS) is 30.3. The maximum Gasteiger partial charge on any atom is 0.0358 e. The molecule has 0 nitrogen and oxygen atoms in total. The van der Waals surface area contributed by atoms with E-state index in [0.29, 0.717) is 9.84 Å². The fraction of sp³-hybridized carbons (Fsp3) is 0.455. The Balaban J connectivity index is 2.88. The summed E-state index contributed by atoms with van der Waals surface area (Å²) in [6.07, 6.45) is 8.99. The average Bonchev–Trinajstić information content (AvgIpc) is 2.01. The summed E-state index contributed by atoms with van der Waals surface area (Å²) < 4.78 is 0.650. The van der Waals surface area contributed by atoms with Gasteiger partial charge in [0.05, 0.1) is 0 Å². The highest BCUT2D eigenvalue weighted by Crippen LogP contribution is 2.28. The van der Waals surface area contributed by atoms with Gasteiger partial charge in [0.15, 0.2) is 0 Å². The molecule has 0 radical (unpaired) electrons. The van der Waals surface area contributed by atoms with Crippen molar-refractivity contribution < 1.29 is 0 Å². The first-order chi connectivity index (χ1) is 5.65. The summed E-state index contributed by atoms with van der Waals surface area (Å²) in [5.74, 6) is 0.680. The number of hydrogen-bond acceptors (Lipinski definition) is 0. The van der Waals surface area contributed by atoms with Crippen LogP contribution in [0.3, 0.4) is 0 Å². The average molecular weight is 274 g/mol. The van der Waals surface area contributed by atoms with Gasteiger partial charge >= 0.3 is 0 Å². The Morgan fingerprint density at radius 1 is 1.42 bits per heavy atom. The van der Waals surface area contributed by atoms with Crippen LogP contribution in [0.5, 0.6) is 0 Å². The fourth-order valence-electron chi connectivity index (χ4n) is 1.40.